The molecule has 1 saturated heterocycles. The molecule has 0 aromatic heterocycles. The van der Waals surface area contributed by atoms with Crippen molar-refractivity contribution in [1.82, 2.24) is 4.90 Å². The van der Waals surface area contributed by atoms with Crippen molar-refractivity contribution < 1.29 is 0 Å². The van der Waals surface area contributed by atoms with Gasteiger partial charge in [0, 0.05) is 0 Å². The highest BCUT2D eigenvalue weighted by molar-refractivity contribution is 5.19. The lowest BCUT2D eigenvalue weighted by atomic mass is 9.89. The van der Waals surface area contributed by atoms with Crippen LogP contribution in [0.3, 0.4) is 0 Å². The molecular weight excluding hydrogens is 182 g/mol. The van der Waals surface area contributed by atoms with Crippen molar-refractivity contribution in [3.8, 4) is 0 Å². The molecule has 1 aromatic carbocycles. The SMILES string of the molecule is CCCN1CCC(c2cc[c]cc2)CC1. The van der Waals surface area contributed by atoms with Gasteiger partial charge < -0.3 is 4.90 Å². The predicted molar refractivity (Wildman–Crippen MR) is 64.0 cm³/mol. The second kappa shape index (κ2) is 5.32. The van der Waals surface area contributed by atoms with Gasteiger partial charge >= 0.3 is 0 Å². The van der Waals surface area contributed by atoms with Crippen LogP contribution in [0.25, 0.3) is 0 Å². The van der Waals surface area contributed by atoms with Gasteiger partial charge in [0.15, 0.2) is 0 Å². The summed E-state index contributed by atoms with van der Waals surface area (Å²) in [4.78, 5) is 2.59. The van der Waals surface area contributed by atoms with Gasteiger partial charge in [-0.2, -0.15) is 0 Å². The molecule has 1 radical (unpaired) electrons. The van der Waals surface area contributed by atoms with Crippen LogP contribution in [0.2, 0.25) is 0 Å². The van der Waals surface area contributed by atoms with Gasteiger partial charge in [-0.25, -0.2) is 0 Å². The zero-order chi connectivity index (χ0) is 10.5. The molecule has 1 aliphatic rings. The van der Waals surface area contributed by atoms with Gasteiger partial charge in [-0.05, 0) is 56.4 Å². The Balaban J connectivity index is 1.88. The summed E-state index contributed by atoms with van der Waals surface area (Å²) in [5, 5.41) is 0. The molecule has 1 heterocycles. The minimum atomic E-state index is 0.785. The van der Waals surface area contributed by atoms with E-state index in [1.807, 2.05) is 12.1 Å². The smallest absolute Gasteiger partial charge is 0.00129 e. The number of rotatable bonds is 3. The molecule has 0 N–H and O–H groups in total. The Bertz CT molecular complexity index is 273. The first-order valence-electron chi connectivity index (χ1n) is 6.08. The maximum Gasteiger partial charge on any atom is -0.00129 e. The summed E-state index contributed by atoms with van der Waals surface area (Å²) in [6, 6.07) is 11.6. The van der Waals surface area contributed by atoms with E-state index in [1.54, 1.807) is 0 Å². The minimum Gasteiger partial charge on any atom is -0.303 e. The van der Waals surface area contributed by atoms with Gasteiger partial charge in [0.2, 0.25) is 0 Å². The van der Waals surface area contributed by atoms with Gasteiger partial charge in [0.1, 0.15) is 0 Å². The van der Waals surface area contributed by atoms with Crippen LogP contribution < -0.4 is 0 Å². The van der Waals surface area contributed by atoms with E-state index in [2.05, 4.69) is 30.0 Å². The van der Waals surface area contributed by atoms with Gasteiger partial charge in [0.05, 0.1) is 0 Å². The molecule has 1 fully saturated rings. The third kappa shape index (κ3) is 2.82. The first kappa shape index (κ1) is 10.7. The van der Waals surface area contributed by atoms with Gasteiger partial charge in [0.25, 0.3) is 0 Å². The molecule has 1 aromatic rings. The van der Waals surface area contributed by atoms with Gasteiger partial charge in [-0.3, -0.25) is 0 Å². The Kier molecular flexibility index (Phi) is 3.79. The summed E-state index contributed by atoms with van der Waals surface area (Å²) in [6.45, 7) is 6.09. The number of nitrogens with zero attached hydrogens (tertiary/aromatic N) is 1. The largest absolute Gasteiger partial charge is 0.303 e. The van der Waals surface area contributed by atoms with Gasteiger partial charge in [-0.15, -0.1) is 0 Å². The van der Waals surface area contributed by atoms with E-state index in [-0.39, 0.29) is 0 Å². The maximum absolute atomic E-state index is 3.09. The van der Waals surface area contributed by atoms with E-state index in [0.29, 0.717) is 0 Å². The highest BCUT2D eigenvalue weighted by Crippen LogP contribution is 2.27. The van der Waals surface area contributed by atoms with Crippen molar-refractivity contribution >= 4 is 0 Å². The fraction of sp³-hybridized carbons (Fsp3) is 0.571. The molecule has 0 aliphatic carbocycles. The Labute approximate surface area is 93.1 Å². The van der Waals surface area contributed by atoms with Crippen LogP contribution in [0.4, 0.5) is 0 Å². The van der Waals surface area contributed by atoms with Crippen LogP contribution in [0.5, 0.6) is 0 Å². The van der Waals surface area contributed by atoms with E-state index >= 15 is 0 Å². The Morgan fingerprint density at radius 1 is 1.27 bits per heavy atom. The van der Waals surface area contributed by atoms with Crippen molar-refractivity contribution in [3.05, 3.63) is 35.9 Å². The van der Waals surface area contributed by atoms with E-state index in [4.69, 9.17) is 0 Å². The molecule has 0 bridgehead atoms. The molecule has 81 valence electrons. The molecule has 0 amide bonds. The van der Waals surface area contributed by atoms with E-state index < -0.39 is 0 Å². The third-order valence-electron chi connectivity index (χ3n) is 3.34. The predicted octanol–water partition coefficient (Wildman–Crippen LogP) is 3.08. The number of hydrogen-bond donors (Lipinski definition) is 0. The number of hydrogen-bond acceptors (Lipinski definition) is 1. The molecule has 0 unspecified atom stereocenters. The minimum absolute atomic E-state index is 0.785. The summed E-state index contributed by atoms with van der Waals surface area (Å²) in [7, 11) is 0. The fourth-order valence-corrected chi connectivity index (χ4v) is 2.48. The molecule has 0 atom stereocenters. The maximum atomic E-state index is 3.09. The second-order valence-corrected chi connectivity index (χ2v) is 4.45. The summed E-state index contributed by atoms with van der Waals surface area (Å²) in [5.74, 6) is 0.785. The van der Waals surface area contributed by atoms with Crippen molar-refractivity contribution in [2.24, 2.45) is 0 Å². The summed E-state index contributed by atoms with van der Waals surface area (Å²) in [6.07, 6.45) is 3.93. The summed E-state index contributed by atoms with van der Waals surface area (Å²) in [5.41, 5.74) is 1.50. The number of likely N-dealkylation sites (tertiary alicyclic amines) is 1. The van der Waals surface area contributed by atoms with Crippen molar-refractivity contribution in [2.45, 2.75) is 32.1 Å². The van der Waals surface area contributed by atoms with Crippen LogP contribution >= 0.6 is 0 Å². The average Bonchev–Trinajstić information content (AvgIpc) is 2.32. The lowest BCUT2D eigenvalue weighted by molar-refractivity contribution is 0.213. The lowest BCUT2D eigenvalue weighted by Gasteiger charge is -2.31. The topological polar surface area (TPSA) is 3.24 Å². The van der Waals surface area contributed by atoms with Crippen molar-refractivity contribution in [3.63, 3.8) is 0 Å². The molecule has 1 nitrogen and oxygen atoms in total. The van der Waals surface area contributed by atoms with Crippen LogP contribution in [0, 0.1) is 6.07 Å². The summed E-state index contributed by atoms with van der Waals surface area (Å²) >= 11 is 0. The molecular formula is C14H20N. The van der Waals surface area contributed by atoms with E-state index in [0.717, 1.165) is 5.92 Å². The zero-order valence-electron chi connectivity index (χ0n) is 9.58. The summed E-state index contributed by atoms with van der Waals surface area (Å²) < 4.78 is 0. The van der Waals surface area contributed by atoms with Crippen LogP contribution in [-0.2, 0) is 0 Å². The second-order valence-electron chi connectivity index (χ2n) is 4.45. The standard InChI is InChI=1S/C14H20N/c1-2-10-15-11-8-14(9-12-15)13-6-4-3-5-7-13/h4-7,14H,2,8-12H2,1H3. The zero-order valence-corrected chi connectivity index (χ0v) is 9.58. The Morgan fingerprint density at radius 3 is 2.53 bits per heavy atom. The highest BCUT2D eigenvalue weighted by Gasteiger charge is 2.19. The number of benzene rings is 1. The fourth-order valence-electron chi connectivity index (χ4n) is 2.48. The average molecular weight is 202 g/mol. The third-order valence-corrected chi connectivity index (χ3v) is 3.34. The number of piperidine rings is 1. The van der Waals surface area contributed by atoms with E-state index in [9.17, 15) is 0 Å². The quantitative estimate of drug-likeness (QED) is 0.728. The van der Waals surface area contributed by atoms with Crippen molar-refractivity contribution in [1.29, 1.82) is 0 Å². The molecule has 15 heavy (non-hydrogen) atoms. The first-order valence-corrected chi connectivity index (χ1v) is 6.08. The normalized spacial score (nSPS) is 19.3. The molecule has 0 saturated carbocycles. The Morgan fingerprint density at radius 2 is 1.93 bits per heavy atom. The van der Waals surface area contributed by atoms with E-state index in [1.165, 1.54) is 44.5 Å². The monoisotopic (exact) mass is 202 g/mol. The molecule has 1 heteroatoms. The first-order chi connectivity index (χ1) is 7.40. The van der Waals surface area contributed by atoms with Crippen LogP contribution in [0.15, 0.2) is 24.3 Å². The van der Waals surface area contributed by atoms with Crippen LogP contribution in [-0.4, -0.2) is 24.5 Å². The Hall–Kier alpha value is -0.820. The van der Waals surface area contributed by atoms with Crippen LogP contribution in [0.1, 0.15) is 37.7 Å². The van der Waals surface area contributed by atoms with Gasteiger partial charge in [-0.1, -0.05) is 31.2 Å². The highest BCUT2D eigenvalue weighted by atomic mass is 15.1. The van der Waals surface area contributed by atoms with Crippen molar-refractivity contribution in [2.75, 3.05) is 19.6 Å². The molecule has 1 aliphatic heterocycles. The molecule has 2 rings (SSSR count). The molecule has 0 spiro atoms. The lowest BCUT2D eigenvalue weighted by Crippen LogP contribution is -2.33.